The van der Waals surface area contributed by atoms with E-state index in [-0.39, 0.29) is 63.8 Å². The molecule has 4 aliphatic rings. The van der Waals surface area contributed by atoms with Gasteiger partial charge in [0.2, 0.25) is 11.8 Å². The van der Waals surface area contributed by atoms with Gasteiger partial charge in [-0.05, 0) is 53.8 Å². The average Bonchev–Trinajstić information content (AvgIpc) is 3.86. The molecule has 2 N–H and O–H groups in total. The lowest BCUT2D eigenvalue weighted by Crippen LogP contribution is -2.42. The number of thioether (sulfide) groups is 1. The van der Waals surface area contributed by atoms with Crippen molar-refractivity contribution in [3.8, 4) is 5.75 Å². The Hall–Kier alpha value is -5.27. The van der Waals surface area contributed by atoms with Gasteiger partial charge in [-0.15, -0.1) is 11.8 Å². The molecule has 2 saturated carbocycles. The highest BCUT2D eigenvalue weighted by Gasteiger charge is 2.69. The molecular formula is C37H28N4O7S2. The Balaban J connectivity index is 1.03. The molecule has 3 fully saturated rings. The van der Waals surface area contributed by atoms with E-state index in [9.17, 15) is 29.3 Å². The molecule has 5 aromatic rings. The number of fused-ring (bicyclic) bond motifs is 10. The van der Waals surface area contributed by atoms with Crippen LogP contribution in [0.15, 0.2) is 101 Å². The fraction of sp³-hybridized carbons (Fsp3) is 0.243. The molecule has 7 atom stereocenters. The number of anilines is 2. The largest absolute Gasteiger partial charge is 0.483 e. The number of benzene rings is 4. The van der Waals surface area contributed by atoms with Crippen LogP contribution in [0, 0.1) is 39.7 Å². The topological polar surface area (TPSA) is 152 Å². The van der Waals surface area contributed by atoms with E-state index in [0.717, 1.165) is 37.6 Å². The molecule has 50 heavy (non-hydrogen) atoms. The fourth-order valence-electron chi connectivity index (χ4n) is 8.88. The van der Waals surface area contributed by atoms with Gasteiger partial charge in [0.1, 0.15) is 5.75 Å². The van der Waals surface area contributed by atoms with Gasteiger partial charge in [0, 0.05) is 44.8 Å². The van der Waals surface area contributed by atoms with E-state index in [1.54, 1.807) is 11.8 Å². The van der Waals surface area contributed by atoms with Crippen LogP contribution in [0.5, 0.6) is 5.75 Å². The van der Waals surface area contributed by atoms with Crippen LogP contribution in [0.3, 0.4) is 0 Å². The molecule has 3 amide bonds. The monoisotopic (exact) mass is 704 g/mol. The van der Waals surface area contributed by atoms with Gasteiger partial charge >= 0.3 is 4.87 Å². The number of nitrogens with one attached hydrogen (secondary N) is 2. The first-order chi connectivity index (χ1) is 24.3. The van der Waals surface area contributed by atoms with Crippen molar-refractivity contribution in [2.45, 2.75) is 22.6 Å². The molecule has 2 bridgehead atoms. The van der Waals surface area contributed by atoms with Crippen molar-refractivity contribution in [2.24, 2.45) is 29.6 Å². The van der Waals surface area contributed by atoms with Gasteiger partial charge in [-0.2, -0.15) is 0 Å². The molecule has 0 radical (unpaired) electrons. The normalized spacial score (nSPS) is 26.1. The summed E-state index contributed by atoms with van der Waals surface area (Å²) in [4.78, 5) is 69.6. The number of thiazole rings is 1. The van der Waals surface area contributed by atoms with Crippen LogP contribution in [-0.2, 0) is 14.4 Å². The number of aromatic amines is 1. The van der Waals surface area contributed by atoms with E-state index >= 15 is 0 Å². The van der Waals surface area contributed by atoms with E-state index in [0.29, 0.717) is 23.5 Å². The number of non-ortho nitro benzene ring substituents is 1. The van der Waals surface area contributed by atoms with Gasteiger partial charge in [0.05, 0.1) is 27.5 Å². The number of carbonyl (C=O) groups is 3. The van der Waals surface area contributed by atoms with E-state index in [1.807, 2.05) is 66.7 Å². The lowest BCUT2D eigenvalue weighted by Gasteiger charge is -2.43. The Bertz CT molecular complexity index is 2300. The van der Waals surface area contributed by atoms with Crippen molar-refractivity contribution in [1.29, 1.82) is 0 Å². The molecule has 2 aliphatic heterocycles. The second kappa shape index (κ2) is 11.7. The molecule has 13 heteroatoms. The number of amides is 3. The first-order valence-corrected chi connectivity index (χ1v) is 18.0. The van der Waals surface area contributed by atoms with Crippen molar-refractivity contribution in [1.82, 2.24) is 4.98 Å². The van der Waals surface area contributed by atoms with E-state index in [4.69, 9.17) is 4.74 Å². The highest BCUT2D eigenvalue weighted by Crippen LogP contribution is 2.69. The molecule has 1 aromatic heterocycles. The number of hydrogen-bond acceptors (Lipinski definition) is 9. The van der Waals surface area contributed by atoms with Crippen LogP contribution in [0.25, 0.3) is 10.8 Å². The first kappa shape index (κ1) is 30.8. The van der Waals surface area contributed by atoms with Gasteiger partial charge in [0.15, 0.2) is 6.61 Å². The number of nitrogens with zero attached hydrogens (tertiary/aromatic N) is 2. The quantitative estimate of drug-likeness (QED) is 0.116. The van der Waals surface area contributed by atoms with Crippen LogP contribution in [0.4, 0.5) is 17.1 Å². The standard InChI is InChI=1S/C37H28N4O7S2/c42-27(38-25-10-5-7-18-6-1-2-8-21(18)25)17-48-26-11-4-3-9-22(26)28-29-23-16-24(32(29)49-34-33(28)50-37(45)39-34)31-30(23)35(43)40(36(31)44)19-12-14-20(15-13-19)41(46)47/h1-15,23-24,28-32H,16-17H2,(H,38,42)(H,39,45)/t23?,24?,28-,29?,30?,31?,32?/m1/s1. The summed E-state index contributed by atoms with van der Waals surface area (Å²) in [6.07, 6.45) is 0.704. The summed E-state index contributed by atoms with van der Waals surface area (Å²) in [5.41, 5.74) is 1.72. The molecule has 1 saturated heterocycles. The number of rotatable bonds is 7. The maximum absolute atomic E-state index is 14.1. The van der Waals surface area contributed by atoms with E-state index in [1.165, 1.54) is 29.2 Å². The highest BCUT2D eigenvalue weighted by molar-refractivity contribution is 8.00. The van der Waals surface area contributed by atoms with Crippen molar-refractivity contribution >= 4 is 68.7 Å². The Kier molecular flexibility index (Phi) is 7.18. The Morgan fingerprint density at radius 3 is 2.44 bits per heavy atom. The summed E-state index contributed by atoms with van der Waals surface area (Å²) < 4.78 is 6.23. The number of aromatic nitrogens is 1. The first-order valence-electron chi connectivity index (χ1n) is 16.3. The van der Waals surface area contributed by atoms with Crippen molar-refractivity contribution < 1.29 is 24.0 Å². The number of nitro groups is 1. The van der Waals surface area contributed by atoms with Crippen LogP contribution in [0.1, 0.15) is 22.8 Å². The van der Waals surface area contributed by atoms with E-state index in [2.05, 4.69) is 10.3 Å². The van der Waals surface area contributed by atoms with Gasteiger partial charge in [-0.25, -0.2) is 0 Å². The van der Waals surface area contributed by atoms with Crippen LogP contribution >= 0.6 is 23.1 Å². The predicted octanol–water partition coefficient (Wildman–Crippen LogP) is 6.19. The molecule has 4 aromatic carbocycles. The third-order valence-corrected chi connectivity index (χ3v) is 13.3. The second-order valence-corrected chi connectivity index (χ2v) is 15.4. The van der Waals surface area contributed by atoms with Gasteiger partial charge in [-0.1, -0.05) is 65.9 Å². The molecule has 6 unspecified atom stereocenters. The molecule has 3 heterocycles. The Morgan fingerprint density at radius 2 is 1.64 bits per heavy atom. The maximum Gasteiger partial charge on any atom is 0.305 e. The zero-order valence-corrected chi connectivity index (χ0v) is 27.8. The Labute approximate surface area is 292 Å². The van der Waals surface area contributed by atoms with E-state index < -0.39 is 16.8 Å². The predicted molar refractivity (Wildman–Crippen MR) is 189 cm³/mol. The van der Waals surface area contributed by atoms with Crippen LogP contribution in [-0.4, -0.2) is 39.5 Å². The molecule has 250 valence electrons. The molecule has 9 rings (SSSR count). The smallest absolute Gasteiger partial charge is 0.305 e. The van der Waals surface area contributed by atoms with Gasteiger partial charge in [0.25, 0.3) is 11.6 Å². The zero-order chi connectivity index (χ0) is 34.3. The summed E-state index contributed by atoms with van der Waals surface area (Å²) in [5, 5.41) is 16.9. The number of ether oxygens (including phenoxy) is 1. The lowest BCUT2D eigenvalue weighted by molar-refractivity contribution is -0.384. The van der Waals surface area contributed by atoms with Crippen molar-refractivity contribution in [3.05, 3.63) is 121 Å². The highest BCUT2D eigenvalue weighted by atomic mass is 32.2. The summed E-state index contributed by atoms with van der Waals surface area (Å²) >= 11 is 2.73. The average molecular weight is 705 g/mol. The lowest BCUT2D eigenvalue weighted by atomic mass is 9.68. The Morgan fingerprint density at radius 1 is 0.920 bits per heavy atom. The minimum Gasteiger partial charge on any atom is -0.483 e. The van der Waals surface area contributed by atoms with Gasteiger partial charge in [-0.3, -0.25) is 34.2 Å². The summed E-state index contributed by atoms with van der Waals surface area (Å²) in [6.45, 7) is -0.236. The number of carbonyl (C=O) groups excluding carboxylic acids is 3. The molecular weight excluding hydrogens is 677 g/mol. The third-order valence-electron chi connectivity index (χ3n) is 10.7. The van der Waals surface area contributed by atoms with Crippen molar-refractivity contribution in [2.75, 3.05) is 16.8 Å². The minimum absolute atomic E-state index is 0.0414. The van der Waals surface area contributed by atoms with Crippen molar-refractivity contribution in [3.63, 3.8) is 0 Å². The number of hydrogen-bond donors (Lipinski definition) is 2. The minimum atomic E-state index is -0.538. The summed E-state index contributed by atoms with van der Waals surface area (Å²) in [6, 6.07) is 26.6. The third kappa shape index (κ3) is 4.71. The maximum atomic E-state index is 14.1. The number of para-hydroxylation sites is 1. The molecule has 0 spiro atoms. The van der Waals surface area contributed by atoms with Crippen LogP contribution < -0.4 is 19.8 Å². The zero-order valence-electron chi connectivity index (χ0n) is 26.2. The van der Waals surface area contributed by atoms with Crippen LogP contribution in [0.2, 0.25) is 0 Å². The fourth-order valence-corrected chi connectivity index (χ4v) is 11.8. The SMILES string of the molecule is O=C(COc1ccccc1[C@H]1c2sc(=O)[nH]c2SC2C3CC(C4C(=O)N(c5ccc([N+](=O)[O-])cc5)C(=O)C34)C21)Nc1cccc2ccccc12. The number of nitro benzene ring substituents is 1. The molecule has 2 aliphatic carbocycles. The number of imide groups is 1. The number of H-pyrrole nitrogens is 1. The summed E-state index contributed by atoms with van der Waals surface area (Å²) in [7, 11) is 0. The second-order valence-electron chi connectivity index (χ2n) is 13.1. The summed E-state index contributed by atoms with van der Waals surface area (Å²) in [5.74, 6) is -2.02. The molecule has 11 nitrogen and oxygen atoms in total. The van der Waals surface area contributed by atoms with Gasteiger partial charge < -0.3 is 15.0 Å².